The average molecular weight is 283 g/mol. The van der Waals surface area contributed by atoms with E-state index in [0.29, 0.717) is 0 Å². The second-order valence-corrected chi connectivity index (χ2v) is 5.69. The summed E-state index contributed by atoms with van der Waals surface area (Å²) in [6.07, 6.45) is 0. The topological polar surface area (TPSA) is 22.1 Å². The highest BCUT2D eigenvalue weighted by Gasteiger charge is 2.23. The van der Waals surface area contributed by atoms with Gasteiger partial charge in [-0.25, -0.2) is 4.98 Å². The number of para-hydroxylation sites is 1. The van der Waals surface area contributed by atoms with Crippen LogP contribution in [0.5, 0.6) is 11.5 Å². The van der Waals surface area contributed by atoms with Crippen molar-refractivity contribution in [2.24, 2.45) is 0 Å². The van der Waals surface area contributed by atoms with Crippen molar-refractivity contribution in [1.29, 1.82) is 0 Å². The number of hydrogen-bond donors (Lipinski definition) is 0. The van der Waals surface area contributed by atoms with Gasteiger partial charge in [-0.15, -0.1) is 0 Å². The maximum Gasteiger partial charge on any atom is 0.157 e. The van der Waals surface area contributed by atoms with E-state index in [9.17, 15) is 0 Å². The molecular formula is C20H13NO. The lowest BCUT2D eigenvalue weighted by molar-refractivity contribution is 0.482. The van der Waals surface area contributed by atoms with Gasteiger partial charge in [-0.05, 0) is 24.4 Å². The fourth-order valence-corrected chi connectivity index (χ4v) is 3.37. The van der Waals surface area contributed by atoms with Crippen molar-refractivity contribution in [2.45, 2.75) is 6.92 Å². The van der Waals surface area contributed by atoms with E-state index in [1.165, 1.54) is 5.39 Å². The van der Waals surface area contributed by atoms with Crippen LogP contribution in [0.4, 0.5) is 0 Å². The third kappa shape index (κ3) is 1.41. The Morgan fingerprint density at radius 1 is 0.864 bits per heavy atom. The van der Waals surface area contributed by atoms with Gasteiger partial charge in [0.2, 0.25) is 0 Å². The summed E-state index contributed by atoms with van der Waals surface area (Å²) in [5.74, 6) is 1.80. The predicted molar refractivity (Wildman–Crippen MR) is 89.5 cm³/mol. The number of pyridine rings is 1. The van der Waals surface area contributed by atoms with Gasteiger partial charge in [-0.3, -0.25) is 0 Å². The molecule has 0 bridgehead atoms. The Hall–Kier alpha value is -2.87. The Morgan fingerprint density at radius 3 is 2.59 bits per heavy atom. The van der Waals surface area contributed by atoms with Gasteiger partial charge in [0.1, 0.15) is 11.4 Å². The lowest BCUT2D eigenvalue weighted by Gasteiger charge is -2.22. The number of aromatic nitrogens is 1. The second-order valence-electron chi connectivity index (χ2n) is 5.69. The first kappa shape index (κ1) is 11.8. The molecule has 3 aromatic carbocycles. The van der Waals surface area contributed by atoms with Gasteiger partial charge in [0.15, 0.2) is 5.75 Å². The van der Waals surface area contributed by atoms with Gasteiger partial charge in [0.05, 0.1) is 5.52 Å². The van der Waals surface area contributed by atoms with Gasteiger partial charge in [-0.1, -0.05) is 48.5 Å². The van der Waals surface area contributed by atoms with Crippen LogP contribution in [0.25, 0.3) is 32.9 Å². The van der Waals surface area contributed by atoms with Crippen molar-refractivity contribution >= 4 is 21.7 Å². The van der Waals surface area contributed by atoms with Gasteiger partial charge in [0.25, 0.3) is 0 Å². The third-order valence-corrected chi connectivity index (χ3v) is 4.43. The number of benzene rings is 3. The summed E-state index contributed by atoms with van der Waals surface area (Å²) in [5, 5.41) is 3.49. The maximum absolute atomic E-state index is 6.23. The molecule has 22 heavy (non-hydrogen) atoms. The minimum Gasteiger partial charge on any atom is -0.454 e. The SMILES string of the molecule is Cc1c2c(nc3ccccc13)-c1cccc3cccc(c13)O2. The zero-order valence-electron chi connectivity index (χ0n) is 12.1. The smallest absolute Gasteiger partial charge is 0.157 e. The van der Waals surface area contributed by atoms with E-state index >= 15 is 0 Å². The van der Waals surface area contributed by atoms with Gasteiger partial charge in [-0.2, -0.15) is 0 Å². The quantitative estimate of drug-likeness (QED) is 0.376. The Bertz CT molecular complexity index is 1060. The molecular weight excluding hydrogens is 270 g/mol. The molecule has 1 aliphatic rings. The molecule has 2 heterocycles. The molecule has 5 rings (SSSR count). The highest BCUT2D eigenvalue weighted by molar-refractivity contribution is 6.05. The fourth-order valence-electron chi connectivity index (χ4n) is 3.37. The third-order valence-electron chi connectivity index (χ3n) is 4.43. The molecule has 1 aliphatic heterocycles. The number of nitrogens with zero attached hydrogens (tertiary/aromatic N) is 1. The highest BCUT2D eigenvalue weighted by Crippen LogP contribution is 2.47. The predicted octanol–water partition coefficient (Wildman–Crippen LogP) is 5.47. The van der Waals surface area contributed by atoms with Crippen molar-refractivity contribution in [2.75, 3.05) is 0 Å². The van der Waals surface area contributed by atoms with E-state index in [2.05, 4.69) is 43.3 Å². The number of aryl methyl sites for hydroxylation is 1. The van der Waals surface area contributed by atoms with E-state index < -0.39 is 0 Å². The van der Waals surface area contributed by atoms with Crippen molar-refractivity contribution in [3.63, 3.8) is 0 Å². The van der Waals surface area contributed by atoms with Crippen LogP contribution in [0.3, 0.4) is 0 Å². The molecule has 0 N–H and O–H groups in total. The largest absolute Gasteiger partial charge is 0.454 e. The van der Waals surface area contributed by atoms with Crippen LogP contribution < -0.4 is 4.74 Å². The van der Waals surface area contributed by atoms with Crippen LogP contribution in [0, 0.1) is 6.92 Å². The van der Waals surface area contributed by atoms with E-state index in [1.807, 2.05) is 24.3 Å². The minimum atomic E-state index is 0.880. The van der Waals surface area contributed by atoms with Crippen LogP contribution in [-0.2, 0) is 0 Å². The molecule has 2 heteroatoms. The Balaban J connectivity index is 1.98. The van der Waals surface area contributed by atoms with E-state index in [0.717, 1.165) is 44.6 Å². The zero-order valence-corrected chi connectivity index (χ0v) is 12.1. The summed E-state index contributed by atoms with van der Waals surface area (Å²) >= 11 is 0. The zero-order chi connectivity index (χ0) is 14.7. The lowest BCUT2D eigenvalue weighted by Crippen LogP contribution is -2.02. The van der Waals surface area contributed by atoms with Crippen LogP contribution in [0.1, 0.15) is 5.56 Å². The first-order chi connectivity index (χ1) is 10.8. The number of hydrogen-bond acceptors (Lipinski definition) is 2. The second kappa shape index (κ2) is 4.08. The first-order valence-electron chi connectivity index (χ1n) is 7.42. The minimum absolute atomic E-state index is 0.880. The van der Waals surface area contributed by atoms with Gasteiger partial charge in [0, 0.05) is 21.9 Å². The van der Waals surface area contributed by atoms with Crippen LogP contribution in [0.15, 0.2) is 60.7 Å². The summed E-state index contributed by atoms with van der Waals surface area (Å²) in [4.78, 5) is 4.88. The van der Waals surface area contributed by atoms with Crippen LogP contribution in [0.2, 0.25) is 0 Å². The molecule has 1 aromatic heterocycles. The molecule has 0 unspecified atom stereocenters. The maximum atomic E-state index is 6.23. The van der Waals surface area contributed by atoms with Gasteiger partial charge >= 0.3 is 0 Å². The van der Waals surface area contributed by atoms with E-state index in [1.54, 1.807) is 0 Å². The van der Waals surface area contributed by atoms with Crippen LogP contribution in [-0.4, -0.2) is 4.98 Å². The number of rotatable bonds is 0. The monoisotopic (exact) mass is 283 g/mol. The van der Waals surface area contributed by atoms with Gasteiger partial charge < -0.3 is 4.74 Å². The Labute approximate surface area is 128 Å². The summed E-state index contributed by atoms with van der Waals surface area (Å²) in [6, 6.07) is 20.7. The summed E-state index contributed by atoms with van der Waals surface area (Å²) < 4.78 is 6.23. The van der Waals surface area contributed by atoms with E-state index in [-0.39, 0.29) is 0 Å². The Kier molecular flexibility index (Phi) is 2.18. The molecule has 0 saturated heterocycles. The summed E-state index contributed by atoms with van der Waals surface area (Å²) in [7, 11) is 0. The fraction of sp³-hybridized carbons (Fsp3) is 0.0500. The molecule has 0 atom stereocenters. The van der Waals surface area contributed by atoms with Crippen molar-refractivity contribution < 1.29 is 4.74 Å². The first-order valence-corrected chi connectivity index (χ1v) is 7.42. The molecule has 0 fully saturated rings. The highest BCUT2D eigenvalue weighted by atomic mass is 16.5. The van der Waals surface area contributed by atoms with Crippen LogP contribution >= 0.6 is 0 Å². The number of fused-ring (bicyclic) bond motifs is 3. The van der Waals surface area contributed by atoms with E-state index in [4.69, 9.17) is 9.72 Å². The van der Waals surface area contributed by atoms with Crippen molar-refractivity contribution in [3.05, 3.63) is 66.2 Å². The average Bonchev–Trinajstić information content (AvgIpc) is 2.57. The van der Waals surface area contributed by atoms with Crippen molar-refractivity contribution in [1.82, 2.24) is 4.98 Å². The molecule has 0 spiro atoms. The molecule has 0 aliphatic carbocycles. The normalized spacial score (nSPS) is 12.2. The standard InChI is InChI=1S/C20H13NO/c1-12-14-8-2-3-10-16(14)21-19-15-9-4-6-13-7-5-11-17(18(13)15)22-20(12)19/h2-11H,1H3. The molecule has 104 valence electrons. The number of ether oxygens (including phenoxy) is 1. The molecule has 0 amide bonds. The Morgan fingerprint density at radius 2 is 1.68 bits per heavy atom. The van der Waals surface area contributed by atoms with Crippen molar-refractivity contribution in [3.8, 4) is 22.8 Å². The summed E-state index contributed by atoms with van der Waals surface area (Å²) in [6.45, 7) is 2.11. The molecule has 0 saturated carbocycles. The molecule has 0 radical (unpaired) electrons. The summed E-state index contributed by atoms with van der Waals surface area (Å²) in [5.41, 5.74) is 4.26. The molecule has 4 aromatic rings. The lowest BCUT2D eigenvalue weighted by atomic mass is 9.96. The molecule has 2 nitrogen and oxygen atoms in total.